The molecule has 1 atom stereocenters. The van der Waals surface area contributed by atoms with Crippen molar-refractivity contribution in [3.8, 4) is 0 Å². The molecule has 64 valence electrons. The molecular formula is C8H13ClO2. The summed E-state index contributed by atoms with van der Waals surface area (Å²) in [6.07, 6.45) is 3.29. The average molecular weight is 177 g/mol. The van der Waals surface area contributed by atoms with Gasteiger partial charge >= 0.3 is 0 Å². The van der Waals surface area contributed by atoms with E-state index in [4.69, 9.17) is 21.4 Å². The van der Waals surface area contributed by atoms with Crippen LogP contribution in [0.3, 0.4) is 0 Å². The molecule has 1 aliphatic rings. The van der Waals surface area contributed by atoms with Crippen molar-refractivity contribution in [1.82, 2.24) is 0 Å². The maximum Gasteiger partial charge on any atom is 0.185 e. The quantitative estimate of drug-likeness (QED) is 0.623. The molecule has 0 saturated carbocycles. The highest BCUT2D eigenvalue weighted by atomic mass is 35.5. The molecule has 0 aromatic carbocycles. The van der Waals surface area contributed by atoms with E-state index in [9.17, 15) is 0 Å². The van der Waals surface area contributed by atoms with Crippen LogP contribution in [0.2, 0.25) is 0 Å². The van der Waals surface area contributed by atoms with E-state index in [1.54, 1.807) is 6.92 Å². The summed E-state index contributed by atoms with van der Waals surface area (Å²) in [5.74, 6) is 0. The zero-order chi connectivity index (χ0) is 8.27. The highest BCUT2D eigenvalue weighted by Crippen LogP contribution is 2.21. The topological polar surface area (TPSA) is 29.5 Å². The zero-order valence-corrected chi connectivity index (χ0v) is 7.40. The minimum atomic E-state index is -0.114. The lowest BCUT2D eigenvalue weighted by Crippen LogP contribution is -2.20. The molecule has 1 N–H and O–H groups in total. The second kappa shape index (κ2) is 3.98. The van der Waals surface area contributed by atoms with Gasteiger partial charge < -0.3 is 9.84 Å². The molecule has 3 heteroatoms. The second-order valence-electron chi connectivity index (χ2n) is 2.83. The number of ether oxygens (including phenoxy) is 1. The summed E-state index contributed by atoms with van der Waals surface area (Å²) in [4.78, 5) is 0. The Balaban J connectivity index is 2.52. The Hall–Kier alpha value is -0.210. The molecule has 11 heavy (non-hydrogen) atoms. The van der Waals surface area contributed by atoms with Crippen molar-refractivity contribution in [3.05, 3.63) is 10.8 Å². The fourth-order valence-electron chi connectivity index (χ4n) is 1.22. The van der Waals surface area contributed by atoms with E-state index < -0.39 is 0 Å². The summed E-state index contributed by atoms with van der Waals surface area (Å²) >= 11 is 5.42. The molecule has 2 nitrogen and oxygen atoms in total. The summed E-state index contributed by atoms with van der Waals surface area (Å²) in [5, 5.41) is 8.82. The first-order chi connectivity index (χ1) is 5.22. The van der Waals surface area contributed by atoms with Crippen LogP contribution in [0.4, 0.5) is 0 Å². The first-order valence-corrected chi connectivity index (χ1v) is 4.26. The summed E-state index contributed by atoms with van der Waals surface area (Å²) in [6, 6.07) is 0. The second-order valence-corrected chi connectivity index (χ2v) is 3.19. The van der Waals surface area contributed by atoms with Gasteiger partial charge in [-0.05, 0) is 37.8 Å². The van der Waals surface area contributed by atoms with Crippen LogP contribution in [0, 0.1) is 0 Å². The normalized spacial score (nSPS) is 28.0. The molecule has 0 amide bonds. The van der Waals surface area contributed by atoms with Gasteiger partial charge in [0.2, 0.25) is 0 Å². The third kappa shape index (κ3) is 2.38. The third-order valence-electron chi connectivity index (χ3n) is 1.99. The van der Waals surface area contributed by atoms with Crippen LogP contribution in [-0.2, 0) is 4.74 Å². The Kier molecular flexibility index (Phi) is 3.21. The smallest absolute Gasteiger partial charge is 0.185 e. The van der Waals surface area contributed by atoms with Gasteiger partial charge in [0.25, 0.3) is 0 Å². The van der Waals surface area contributed by atoms with Gasteiger partial charge in [-0.15, -0.1) is 0 Å². The van der Waals surface area contributed by atoms with Crippen LogP contribution in [0.25, 0.3) is 0 Å². The number of halogens is 1. The first-order valence-electron chi connectivity index (χ1n) is 3.88. The fraction of sp³-hybridized carbons (Fsp3) is 0.750. The van der Waals surface area contributed by atoms with E-state index in [0.717, 1.165) is 31.4 Å². The molecule has 1 unspecified atom stereocenters. The maximum absolute atomic E-state index is 8.94. The highest BCUT2D eigenvalue weighted by Gasteiger charge is 2.17. The predicted octanol–water partition coefficient (Wildman–Crippen LogP) is 2.58. The molecule has 1 heterocycles. The molecule has 0 bridgehead atoms. The van der Waals surface area contributed by atoms with E-state index >= 15 is 0 Å². The van der Waals surface area contributed by atoms with Crippen molar-refractivity contribution in [3.63, 3.8) is 0 Å². The van der Waals surface area contributed by atoms with Gasteiger partial charge in [0.05, 0.1) is 6.10 Å². The molecule has 1 aliphatic heterocycles. The molecule has 0 radical (unpaired) electrons. The van der Waals surface area contributed by atoms with Crippen LogP contribution in [0.1, 0.15) is 26.2 Å². The van der Waals surface area contributed by atoms with Crippen LogP contribution in [0.15, 0.2) is 10.8 Å². The average Bonchev–Trinajstić information content (AvgIpc) is 2.05. The lowest BCUT2D eigenvalue weighted by molar-refractivity contribution is 0.0375. The van der Waals surface area contributed by atoms with Crippen LogP contribution < -0.4 is 0 Å². The van der Waals surface area contributed by atoms with Gasteiger partial charge in [-0.3, -0.25) is 0 Å². The van der Waals surface area contributed by atoms with E-state index in [-0.39, 0.29) is 11.3 Å². The van der Waals surface area contributed by atoms with Crippen molar-refractivity contribution >= 4 is 11.6 Å². The standard InChI is InChI=1S/C8H13ClO2/c1-6(8(9)10)7-4-2-3-5-11-7/h7,10H,2-5H2,1H3. The number of hydrogen-bond donors (Lipinski definition) is 1. The van der Waals surface area contributed by atoms with E-state index in [1.807, 2.05) is 0 Å². The minimum Gasteiger partial charge on any atom is -0.498 e. The van der Waals surface area contributed by atoms with Crippen LogP contribution >= 0.6 is 11.6 Å². The molecule has 1 saturated heterocycles. The van der Waals surface area contributed by atoms with Gasteiger partial charge in [-0.25, -0.2) is 0 Å². The molecule has 0 aromatic heterocycles. The zero-order valence-electron chi connectivity index (χ0n) is 6.64. The van der Waals surface area contributed by atoms with Crippen molar-refractivity contribution in [2.75, 3.05) is 6.61 Å². The minimum absolute atomic E-state index is 0.0428. The number of hydrogen-bond acceptors (Lipinski definition) is 2. The summed E-state index contributed by atoms with van der Waals surface area (Å²) in [5.41, 5.74) is 0.756. The lowest BCUT2D eigenvalue weighted by Gasteiger charge is -2.22. The van der Waals surface area contributed by atoms with Crippen molar-refractivity contribution < 1.29 is 9.84 Å². The maximum atomic E-state index is 8.94. The number of aliphatic hydroxyl groups is 1. The van der Waals surface area contributed by atoms with Gasteiger partial charge in [0.1, 0.15) is 0 Å². The molecule has 1 fully saturated rings. The van der Waals surface area contributed by atoms with Gasteiger partial charge in [-0.2, -0.15) is 0 Å². The summed E-state index contributed by atoms with van der Waals surface area (Å²) in [7, 11) is 0. The van der Waals surface area contributed by atoms with E-state index in [0.29, 0.717) is 0 Å². The highest BCUT2D eigenvalue weighted by molar-refractivity contribution is 6.28. The van der Waals surface area contributed by atoms with Crippen LogP contribution in [-0.4, -0.2) is 17.8 Å². The first kappa shape index (κ1) is 8.88. The lowest BCUT2D eigenvalue weighted by atomic mass is 10.0. The molecular weight excluding hydrogens is 164 g/mol. The largest absolute Gasteiger partial charge is 0.498 e. The van der Waals surface area contributed by atoms with Gasteiger partial charge in [0.15, 0.2) is 5.22 Å². The van der Waals surface area contributed by atoms with Gasteiger partial charge in [-0.1, -0.05) is 0 Å². The van der Waals surface area contributed by atoms with Crippen molar-refractivity contribution in [2.24, 2.45) is 0 Å². The molecule has 0 spiro atoms. The predicted molar refractivity (Wildman–Crippen MR) is 44.8 cm³/mol. The van der Waals surface area contributed by atoms with Gasteiger partial charge in [0, 0.05) is 12.2 Å². The van der Waals surface area contributed by atoms with Crippen molar-refractivity contribution in [1.29, 1.82) is 0 Å². The molecule has 1 rings (SSSR count). The fourth-order valence-corrected chi connectivity index (χ4v) is 1.34. The Bertz CT molecular complexity index is 155. The van der Waals surface area contributed by atoms with Crippen molar-refractivity contribution in [2.45, 2.75) is 32.3 Å². The Labute approximate surface area is 71.8 Å². The van der Waals surface area contributed by atoms with Crippen LogP contribution in [0.5, 0.6) is 0 Å². The van der Waals surface area contributed by atoms with E-state index in [2.05, 4.69) is 0 Å². The Morgan fingerprint density at radius 2 is 2.27 bits per heavy atom. The molecule has 0 aliphatic carbocycles. The Morgan fingerprint density at radius 1 is 1.55 bits per heavy atom. The summed E-state index contributed by atoms with van der Waals surface area (Å²) < 4.78 is 5.40. The van der Waals surface area contributed by atoms with E-state index in [1.165, 1.54) is 0 Å². The number of aliphatic hydroxyl groups excluding tert-OH is 1. The summed E-state index contributed by atoms with van der Waals surface area (Å²) in [6.45, 7) is 2.59. The monoisotopic (exact) mass is 176 g/mol. The third-order valence-corrected chi connectivity index (χ3v) is 2.29. The Morgan fingerprint density at radius 3 is 2.73 bits per heavy atom. The molecule has 0 aromatic rings. The SMILES string of the molecule is CC(=C(O)Cl)C1CCCCO1. The number of rotatable bonds is 1.